The Labute approximate surface area is 107 Å². The first-order valence-corrected chi connectivity index (χ1v) is 6.50. The third kappa shape index (κ3) is 2.14. The quantitative estimate of drug-likeness (QED) is 0.819. The summed E-state index contributed by atoms with van der Waals surface area (Å²) in [5.41, 5.74) is 10.7. The van der Waals surface area contributed by atoms with Gasteiger partial charge in [-0.1, -0.05) is 17.7 Å². The van der Waals surface area contributed by atoms with Crippen molar-refractivity contribution < 1.29 is 0 Å². The normalized spacial score (nSPS) is 17.5. The fraction of sp³-hybridized carbons (Fsp3) is 0.333. The molecule has 0 aliphatic heterocycles. The van der Waals surface area contributed by atoms with Gasteiger partial charge in [0.25, 0.3) is 0 Å². The maximum atomic E-state index is 6.34. The minimum Gasteiger partial charge on any atom is -0.321 e. The van der Waals surface area contributed by atoms with E-state index in [0.29, 0.717) is 0 Å². The summed E-state index contributed by atoms with van der Waals surface area (Å²) in [6, 6.07) is 6.14. The van der Waals surface area contributed by atoms with Crippen LogP contribution in [-0.2, 0) is 0 Å². The first kappa shape index (κ1) is 11.4. The maximum absolute atomic E-state index is 6.34. The number of hydrogen-bond acceptors (Lipinski definition) is 3. The predicted octanol–water partition coefficient (Wildman–Crippen LogP) is 3.13. The predicted molar refractivity (Wildman–Crippen MR) is 73.0 cm³/mol. The summed E-state index contributed by atoms with van der Waals surface area (Å²) in [7, 11) is 0. The molecule has 0 saturated heterocycles. The van der Waals surface area contributed by atoms with Crippen molar-refractivity contribution in [2.75, 3.05) is 0 Å². The number of hydrogen-bond donors (Lipinski definition) is 1. The molecule has 1 aromatic heterocycles. The zero-order valence-corrected chi connectivity index (χ0v) is 10.3. The molecule has 1 unspecified atom stereocenters. The van der Waals surface area contributed by atoms with Crippen LogP contribution in [0, 0.1) is 0 Å². The lowest BCUT2D eigenvalue weighted by atomic mass is 9.90. The van der Waals surface area contributed by atoms with E-state index in [9.17, 15) is 0 Å². The highest BCUT2D eigenvalue weighted by Crippen LogP contribution is 2.28. The zero-order valence-electron chi connectivity index (χ0n) is 10.3. The number of nitrogens with zero attached hydrogens (tertiary/aromatic N) is 2. The van der Waals surface area contributed by atoms with Crippen LogP contribution in [0.5, 0.6) is 0 Å². The Hall–Kier alpha value is -1.74. The Balaban J connectivity index is 1.96. The molecule has 92 valence electrons. The molecule has 0 saturated carbocycles. The second kappa shape index (κ2) is 4.86. The molecule has 0 amide bonds. The van der Waals surface area contributed by atoms with Crippen LogP contribution in [0.1, 0.15) is 37.3 Å². The van der Waals surface area contributed by atoms with Crippen LogP contribution in [0.2, 0.25) is 0 Å². The first-order valence-electron chi connectivity index (χ1n) is 6.50. The van der Waals surface area contributed by atoms with Gasteiger partial charge in [-0.05, 0) is 43.4 Å². The molecule has 3 rings (SSSR count). The van der Waals surface area contributed by atoms with Crippen LogP contribution in [0.25, 0.3) is 11.0 Å². The van der Waals surface area contributed by atoms with Crippen molar-refractivity contribution in [3.8, 4) is 0 Å². The summed E-state index contributed by atoms with van der Waals surface area (Å²) >= 11 is 0. The molecule has 0 bridgehead atoms. The topological polar surface area (TPSA) is 51.8 Å². The molecule has 1 aromatic carbocycles. The van der Waals surface area contributed by atoms with E-state index in [2.05, 4.69) is 28.2 Å². The van der Waals surface area contributed by atoms with Crippen LogP contribution < -0.4 is 5.73 Å². The van der Waals surface area contributed by atoms with Crippen LogP contribution in [0.4, 0.5) is 0 Å². The lowest BCUT2D eigenvalue weighted by Gasteiger charge is -2.20. The summed E-state index contributed by atoms with van der Waals surface area (Å²) in [4.78, 5) is 8.61. The summed E-state index contributed by atoms with van der Waals surface area (Å²) in [5, 5.41) is 0. The highest BCUT2D eigenvalue weighted by atomic mass is 14.8. The van der Waals surface area contributed by atoms with Crippen LogP contribution in [0.3, 0.4) is 0 Å². The van der Waals surface area contributed by atoms with Gasteiger partial charge in [0.15, 0.2) is 0 Å². The largest absolute Gasteiger partial charge is 0.321 e. The Morgan fingerprint density at radius 3 is 2.67 bits per heavy atom. The third-order valence-electron chi connectivity index (χ3n) is 3.58. The average Bonchev–Trinajstić information content (AvgIpc) is 2.47. The van der Waals surface area contributed by atoms with E-state index in [4.69, 9.17) is 5.73 Å². The van der Waals surface area contributed by atoms with Gasteiger partial charge < -0.3 is 5.73 Å². The number of nitrogens with two attached hydrogens (primary N) is 1. The minimum atomic E-state index is 0.0108. The smallest absolute Gasteiger partial charge is 0.0890 e. The van der Waals surface area contributed by atoms with Gasteiger partial charge in [-0.25, -0.2) is 0 Å². The highest BCUT2D eigenvalue weighted by molar-refractivity contribution is 5.74. The maximum Gasteiger partial charge on any atom is 0.0890 e. The van der Waals surface area contributed by atoms with Crippen molar-refractivity contribution in [2.45, 2.75) is 31.7 Å². The molecule has 18 heavy (non-hydrogen) atoms. The van der Waals surface area contributed by atoms with Crippen molar-refractivity contribution in [1.29, 1.82) is 0 Å². The molecule has 0 radical (unpaired) electrons. The van der Waals surface area contributed by atoms with Crippen LogP contribution in [-0.4, -0.2) is 9.97 Å². The molecule has 3 heteroatoms. The van der Waals surface area contributed by atoms with Gasteiger partial charge >= 0.3 is 0 Å². The second-order valence-electron chi connectivity index (χ2n) is 4.81. The van der Waals surface area contributed by atoms with Gasteiger partial charge in [-0.15, -0.1) is 0 Å². The van der Waals surface area contributed by atoms with Gasteiger partial charge in [0, 0.05) is 12.4 Å². The van der Waals surface area contributed by atoms with Gasteiger partial charge in [0.1, 0.15) is 0 Å². The molecule has 2 N–H and O–H groups in total. The van der Waals surface area contributed by atoms with E-state index < -0.39 is 0 Å². The summed E-state index contributed by atoms with van der Waals surface area (Å²) in [6.07, 6.45) is 10.6. The van der Waals surface area contributed by atoms with Gasteiger partial charge in [0.2, 0.25) is 0 Å². The molecule has 0 fully saturated rings. The zero-order chi connectivity index (χ0) is 12.4. The SMILES string of the molecule is NC(C1=CCCCC1)c1ccc2nccnc2c1. The van der Waals surface area contributed by atoms with E-state index in [-0.39, 0.29) is 6.04 Å². The van der Waals surface area contributed by atoms with E-state index >= 15 is 0 Å². The van der Waals surface area contributed by atoms with Crippen molar-refractivity contribution in [3.05, 3.63) is 47.8 Å². The van der Waals surface area contributed by atoms with Crippen molar-refractivity contribution in [1.82, 2.24) is 9.97 Å². The first-order chi connectivity index (χ1) is 8.84. The minimum absolute atomic E-state index is 0.0108. The van der Waals surface area contributed by atoms with E-state index in [1.54, 1.807) is 12.4 Å². The molecule has 0 spiro atoms. The average molecular weight is 239 g/mol. The Bertz CT molecular complexity index is 589. The monoisotopic (exact) mass is 239 g/mol. The van der Waals surface area contributed by atoms with Gasteiger partial charge in [-0.3, -0.25) is 9.97 Å². The summed E-state index contributed by atoms with van der Waals surface area (Å²) in [6.45, 7) is 0. The third-order valence-corrected chi connectivity index (χ3v) is 3.58. The molecule has 3 nitrogen and oxygen atoms in total. The van der Waals surface area contributed by atoms with E-state index in [1.807, 2.05) is 6.07 Å². The van der Waals surface area contributed by atoms with Gasteiger partial charge in [0.05, 0.1) is 17.1 Å². The number of aromatic nitrogens is 2. The number of rotatable bonds is 2. The fourth-order valence-electron chi connectivity index (χ4n) is 2.53. The molecule has 1 atom stereocenters. The number of allylic oxidation sites excluding steroid dienone is 1. The molecular formula is C15H17N3. The van der Waals surface area contributed by atoms with Crippen LogP contribution in [0.15, 0.2) is 42.2 Å². The Kier molecular flexibility index (Phi) is 3.07. The van der Waals surface area contributed by atoms with E-state index in [0.717, 1.165) is 29.4 Å². The molecule has 1 heterocycles. The lowest BCUT2D eigenvalue weighted by Crippen LogP contribution is -2.14. The lowest BCUT2D eigenvalue weighted by molar-refractivity contribution is 0.648. The molecule has 1 aliphatic carbocycles. The van der Waals surface area contributed by atoms with Crippen LogP contribution >= 0.6 is 0 Å². The molecular weight excluding hydrogens is 222 g/mol. The Morgan fingerprint density at radius 1 is 1.06 bits per heavy atom. The fourth-order valence-corrected chi connectivity index (χ4v) is 2.53. The molecule has 2 aromatic rings. The summed E-state index contributed by atoms with van der Waals surface area (Å²) in [5.74, 6) is 0. The highest BCUT2D eigenvalue weighted by Gasteiger charge is 2.14. The van der Waals surface area contributed by atoms with Crippen molar-refractivity contribution in [3.63, 3.8) is 0 Å². The second-order valence-corrected chi connectivity index (χ2v) is 4.81. The number of fused-ring (bicyclic) bond motifs is 1. The van der Waals surface area contributed by atoms with Crippen molar-refractivity contribution >= 4 is 11.0 Å². The van der Waals surface area contributed by atoms with Gasteiger partial charge in [-0.2, -0.15) is 0 Å². The van der Waals surface area contributed by atoms with Crippen molar-refractivity contribution in [2.24, 2.45) is 5.73 Å². The molecule has 1 aliphatic rings. The standard InChI is InChI=1S/C15H17N3/c16-15(11-4-2-1-3-5-11)12-6-7-13-14(10-12)18-9-8-17-13/h4,6-10,15H,1-3,5,16H2. The Morgan fingerprint density at radius 2 is 1.89 bits per heavy atom. The van der Waals surface area contributed by atoms with E-state index in [1.165, 1.54) is 18.4 Å². The summed E-state index contributed by atoms with van der Waals surface area (Å²) < 4.78 is 0. The number of benzene rings is 1.